The highest BCUT2D eigenvalue weighted by molar-refractivity contribution is 5.37. The topological polar surface area (TPSA) is 21.3 Å². The Labute approximate surface area is 114 Å². The van der Waals surface area contributed by atoms with Crippen molar-refractivity contribution in [2.24, 2.45) is 11.3 Å². The molecule has 1 fully saturated rings. The second kappa shape index (κ2) is 4.78. The van der Waals surface area contributed by atoms with Crippen molar-refractivity contribution in [1.82, 2.24) is 5.32 Å². The average molecular weight is 263 g/mol. The Morgan fingerprint density at radius 1 is 1.42 bits per heavy atom. The van der Waals surface area contributed by atoms with E-state index in [9.17, 15) is 4.39 Å². The lowest BCUT2D eigenvalue weighted by Crippen LogP contribution is -2.36. The Bertz CT molecular complexity index is 472. The van der Waals surface area contributed by atoms with Gasteiger partial charge in [0.25, 0.3) is 0 Å². The van der Waals surface area contributed by atoms with Gasteiger partial charge in [0.1, 0.15) is 17.7 Å². The SMILES string of the molecule is CNCC(C)(CC1Cc2cc(F)ccc2O1)C1CC1. The van der Waals surface area contributed by atoms with Gasteiger partial charge in [-0.15, -0.1) is 0 Å². The van der Waals surface area contributed by atoms with E-state index >= 15 is 0 Å². The van der Waals surface area contributed by atoms with E-state index in [1.807, 2.05) is 7.05 Å². The maximum atomic E-state index is 13.2. The summed E-state index contributed by atoms with van der Waals surface area (Å²) in [5, 5.41) is 3.32. The van der Waals surface area contributed by atoms with Crippen LogP contribution in [0.3, 0.4) is 0 Å². The van der Waals surface area contributed by atoms with Crippen LogP contribution < -0.4 is 10.1 Å². The van der Waals surface area contributed by atoms with Gasteiger partial charge in [0.05, 0.1) is 0 Å². The third-order valence-corrected chi connectivity index (χ3v) is 4.60. The molecule has 3 heteroatoms. The van der Waals surface area contributed by atoms with Crippen LogP contribution in [0, 0.1) is 17.2 Å². The minimum absolute atomic E-state index is 0.164. The van der Waals surface area contributed by atoms with Crippen LogP contribution in [0.4, 0.5) is 4.39 Å². The van der Waals surface area contributed by atoms with Crippen LogP contribution in [-0.4, -0.2) is 19.7 Å². The molecule has 104 valence electrons. The third kappa shape index (κ3) is 2.62. The zero-order valence-corrected chi connectivity index (χ0v) is 11.7. The summed E-state index contributed by atoms with van der Waals surface area (Å²) in [4.78, 5) is 0. The van der Waals surface area contributed by atoms with Crippen LogP contribution >= 0.6 is 0 Å². The van der Waals surface area contributed by atoms with Crippen LogP contribution in [0.15, 0.2) is 18.2 Å². The summed E-state index contributed by atoms with van der Waals surface area (Å²) in [6, 6.07) is 4.86. The lowest BCUT2D eigenvalue weighted by atomic mass is 9.78. The molecule has 0 bridgehead atoms. The molecule has 0 aromatic heterocycles. The first-order valence-corrected chi connectivity index (χ1v) is 7.20. The van der Waals surface area contributed by atoms with Crippen molar-refractivity contribution in [1.29, 1.82) is 0 Å². The molecular weight excluding hydrogens is 241 g/mol. The van der Waals surface area contributed by atoms with Crippen LogP contribution in [-0.2, 0) is 6.42 Å². The Morgan fingerprint density at radius 2 is 2.21 bits per heavy atom. The maximum absolute atomic E-state index is 13.2. The molecule has 0 radical (unpaired) electrons. The fourth-order valence-electron chi connectivity index (χ4n) is 3.49. The van der Waals surface area contributed by atoms with E-state index < -0.39 is 0 Å². The number of hydrogen-bond acceptors (Lipinski definition) is 2. The molecule has 1 aliphatic carbocycles. The molecule has 2 aliphatic rings. The van der Waals surface area contributed by atoms with E-state index in [1.165, 1.54) is 18.9 Å². The second-order valence-corrected chi connectivity index (χ2v) is 6.36. The summed E-state index contributed by atoms with van der Waals surface area (Å²) in [6.45, 7) is 3.39. The first kappa shape index (κ1) is 12.9. The molecular formula is C16H22FNO. The Morgan fingerprint density at radius 3 is 2.89 bits per heavy atom. The number of halogens is 1. The normalized spacial score (nSPS) is 24.7. The van der Waals surface area contributed by atoms with Gasteiger partial charge < -0.3 is 10.1 Å². The molecule has 2 atom stereocenters. The third-order valence-electron chi connectivity index (χ3n) is 4.60. The number of fused-ring (bicyclic) bond motifs is 1. The van der Waals surface area contributed by atoms with Gasteiger partial charge in [0.2, 0.25) is 0 Å². The molecule has 19 heavy (non-hydrogen) atoms. The smallest absolute Gasteiger partial charge is 0.123 e. The number of ether oxygens (including phenoxy) is 1. The molecule has 1 aromatic carbocycles. The molecule has 1 saturated carbocycles. The predicted octanol–water partition coefficient (Wildman–Crippen LogP) is 3.16. The first-order chi connectivity index (χ1) is 9.10. The van der Waals surface area contributed by atoms with Gasteiger partial charge in [-0.2, -0.15) is 0 Å². The summed E-state index contributed by atoms with van der Waals surface area (Å²) >= 11 is 0. The molecule has 1 aliphatic heterocycles. The molecule has 0 spiro atoms. The fourth-order valence-corrected chi connectivity index (χ4v) is 3.49. The maximum Gasteiger partial charge on any atom is 0.123 e. The number of benzene rings is 1. The highest BCUT2D eigenvalue weighted by Crippen LogP contribution is 2.49. The van der Waals surface area contributed by atoms with Gasteiger partial charge in [0, 0.05) is 18.5 Å². The Hall–Kier alpha value is -1.09. The number of nitrogens with one attached hydrogen (secondary N) is 1. The lowest BCUT2D eigenvalue weighted by molar-refractivity contribution is 0.128. The van der Waals surface area contributed by atoms with Crippen LogP contribution in [0.5, 0.6) is 5.75 Å². The second-order valence-electron chi connectivity index (χ2n) is 6.36. The van der Waals surface area contributed by atoms with Gasteiger partial charge >= 0.3 is 0 Å². The molecule has 0 amide bonds. The van der Waals surface area contributed by atoms with Crippen molar-refractivity contribution >= 4 is 0 Å². The number of rotatable bonds is 5. The van der Waals surface area contributed by atoms with E-state index in [0.29, 0.717) is 5.41 Å². The van der Waals surface area contributed by atoms with Gasteiger partial charge in [0.15, 0.2) is 0 Å². The van der Waals surface area contributed by atoms with Gasteiger partial charge in [-0.3, -0.25) is 0 Å². The average Bonchev–Trinajstić information content (AvgIpc) is 3.12. The Kier molecular flexibility index (Phi) is 3.25. The van der Waals surface area contributed by atoms with Crippen molar-refractivity contribution < 1.29 is 9.13 Å². The highest BCUT2D eigenvalue weighted by Gasteiger charge is 2.43. The molecule has 1 heterocycles. The zero-order chi connectivity index (χ0) is 13.5. The van der Waals surface area contributed by atoms with Gasteiger partial charge in [-0.1, -0.05) is 6.92 Å². The van der Waals surface area contributed by atoms with E-state index in [4.69, 9.17) is 4.74 Å². The predicted molar refractivity (Wildman–Crippen MR) is 73.9 cm³/mol. The van der Waals surface area contributed by atoms with E-state index in [1.54, 1.807) is 12.1 Å². The molecule has 1 aromatic rings. The fraction of sp³-hybridized carbons (Fsp3) is 0.625. The Balaban J connectivity index is 1.69. The summed E-state index contributed by atoms with van der Waals surface area (Å²) in [5.74, 6) is 1.53. The zero-order valence-electron chi connectivity index (χ0n) is 11.7. The van der Waals surface area contributed by atoms with Crippen LogP contribution in [0.2, 0.25) is 0 Å². The lowest BCUT2D eigenvalue weighted by Gasteiger charge is -2.32. The molecule has 0 saturated heterocycles. The molecule has 2 unspecified atom stereocenters. The quantitative estimate of drug-likeness (QED) is 0.881. The number of hydrogen-bond donors (Lipinski definition) is 1. The largest absolute Gasteiger partial charge is 0.490 e. The van der Waals surface area contributed by atoms with Gasteiger partial charge in [-0.05, 0) is 55.8 Å². The summed E-state index contributed by atoms with van der Waals surface area (Å²) < 4.78 is 19.2. The first-order valence-electron chi connectivity index (χ1n) is 7.20. The van der Waals surface area contributed by atoms with E-state index in [0.717, 1.165) is 36.6 Å². The van der Waals surface area contributed by atoms with E-state index in [-0.39, 0.29) is 11.9 Å². The summed E-state index contributed by atoms with van der Waals surface area (Å²) in [5.41, 5.74) is 1.33. The molecule has 3 rings (SSSR count). The minimum atomic E-state index is -0.164. The summed E-state index contributed by atoms with van der Waals surface area (Å²) in [7, 11) is 2.01. The highest BCUT2D eigenvalue weighted by atomic mass is 19.1. The minimum Gasteiger partial charge on any atom is -0.490 e. The monoisotopic (exact) mass is 263 g/mol. The van der Waals surface area contributed by atoms with Crippen molar-refractivity contribution in [3.63, 3.8) is 0 Å². The van der Waals surface area contributed by atoms with E-state index in [2.05, 4.69) is 12.2 Å². The van der Waals surface area contributed by atoms with Gasteiger partial charge in [-0.25, -0.2) is 4.39 Å². The van der Waals surface area contributed by atoms with Crippen molar-refractivity contribution in [3.8, 4) is 5.75 Å². The standard InChI is InChI=1S/C16H22FNO/c1-16(10-18-2,12-3-4-12)9-14-8-11-7-13(17)5-6-15(11)19-14/h5-7,12,14,18H,3-4,8-10H2,1-2H3. The van der Waals surface area contributed by atoms with Crippen molar-refractivity contribution in [3.05, 3.63) is 29.6 Å². The van der Waals surface area contributed by atoms with Crippen molar-refractivity contribution in [2.75, 3.05) is 13.6 Å². The van der Waals surface area contributed by atoms with Crippen LogP contribution in [0.1, 0.15) is 31.7 Å². The van der Waals surface area contributed by atoms with Crippen molar-refractivity contribution in [2.45, 2.75) is 38.7 Å². The molecule has 2 nitrogen and oxygen atoms in total. The molecule has 1 N–H and O–H groups in total. The summed E-state index contributed by atoms with van der Waals surface area (Å²) in [6.07, 6.45) is 4.78. The van der Waals surface area contributed by atoms with Crippen LogP contribution in [0.25, 0.3) is 0 Å².